The van der Waals surface area contributed by atoms with Gasteiger partial charge in [0.15, 0.2) is 6.61 Å². The van der Waals surface area contributed by atoms with Crippen LogP contribution in [0.4, 0.5) is 10.5 Å². The highest BCUT2D eigenvalue weighted by Crippen LogP contribution is 2.16. The molecule has 0 saturated heterocycles. The van der Waals surface area contributed by atoms with Crippen LogP contribution in [0.1, 0.15) is 5.56 Å². The van der Waals surface area contributed by atoms with Crippen molar-refractivity contribution in [2.24, 2.45) is 5.73 Å². The number of urea groups is 1. The third-order valence-corrected chi connectivity index (χ3v) is 3.15. The summed E-state index contributed by atoms with van der Waals surface area (Å²) in [4.78, 5) is 23.5. The first-order valence-corrected chi connectivity index (χ1v) is 7.17. The quantitative estimate of drug-likeness (QED) is 0.843. The van der Waals surface area contributed by atoms with Gasteiger partial charge in [0.1, 0.15) is 5.75 Å². The first-order chi connectivity index (χ1) is 11.0. The van der Waals surface area contributed by atoms with Crippen molar-refractivity contribution in [2.75, 3.05) is 11.6 Å². The van der Waals surface area contributed by atoms with E-state index in [9.17, 15) is 9.59 Å². The smallest absolute Gasteiger partial charge is 0.338 e. The monoisotopic (exact) mass is 333 g/mol. The number of nitrogens with zero attached hydrogens (tertiary/aromatic N) is 1. The van der Waals surface area contributed by atoms with Crippen molar-refractivity contribution >= 4 is 29.2 Å². The molecule has 2 aromatic rings. The molecular weight excluding hydrogens is 318 g/mol. The third kappa shape index (κ3) is 4.89. The van der Waals surface area contributed by atoms with Gasteiger partial charge in [-0.3, -0.25) is 10.2 Å². The number of amides is 3. The fourth-order valence-corrected chi connectivity index (χ4v) is 1.98. The lowest BCUT2D eigenvalue weighted by Gasteiger charge is -2.21. The van der Waals surface area contributed by atoms with Gasteiger partial charge >= 0.3 is 6.03 Å². The summed E-state index contributed by atoms with van der Waals surface area (Å²) in [7, 11) is 0. The second-order valence-corrected chi connectivity index (χ2v) is 5.23. The summed E-state index contributed by atoms with van der Waals surface area (Å²) in [5.74, 6) is -0.0222. The molecule has 120 valence electrons. The summed E-state index contributed by atoms with van der Waals surface area (Å²) in [5.41, 5.74) is 9.12. The van der Waals surface area contributed by atoms with Crippen molar-refractivity contribution in [2.45, 2.75) is 6.92 Å². The van der Waals surface area contributed by atoms with E-state index in [2.05, 4.69) is 5.43 Å². The number of nitrogens with two attached hydrogens (primary N) is 1. The molecular formula is C16H16ClN3O3. The number of anilines is 1. The number of carbonyl (C=O) groups excluding carboxylic acids is 2. The molecule has 0 saturated carbocycles. The zero-order valence-corrected chi connectivity index (χ0v) is 13.2. The summed E-state index contributed by atoms with van der Waals surface area (Å²) in [6, 6.07) is 12.8. The number of ether oxygens (including phenoxy) is 1. The van der Waals surface area contributed by atoms with Crippen molar-refractivity contribution in [3.05, 3.63) is 59.1 Å². The van der Waals surface area contributed by atoms with Crippen LogP contribution in [0.2, 0.25) is 5.02 Å². The predicted molar refractivity (Wildman–Crippen MR) is 88.3 cm³/mol. The third-order valence-electron chi connectivity index (χ3n) is 2.90. The van der Waals surface area contributed by atoms with Gasteiger partial charge in [-0.15, -0.1) is 0 Å². The maximum atomic E-state index is 11.9. The van der Waals surface area contributed by atoms with Crippen molar-refractivity contribution in [3.63, 3.8) is 0 Å². The van der Waals surface area contributed by atoms with Crippen LogP contribution in [0, 0.1) is 6.92 Å². The molecule has 0 unspecified atom stereocenters. The SMILES string of the molecule is Cc1cccc(N(NC(=O)COc2ccc(Cl)cc2)C(N)=O)c1. The normalized spacial score (nSPS) is 10.0. The Morgan fingerprint density at radius 2 is 1.91 bits per heavy atom. The minimum atomic E-state index is -0.796. The average Bonchev–Trinajstić information content (AvgIpc) is 2.51. The molecule has 3 amide bonds. The summed E-state index contributed by atoms with van der Waals surface area (Å²) in [5, 5.41) is 1.54. The molecule has 23 heavy (non-hydrogen) atoms. The summed E-state index contributed by atoms with van der Waals surface area (Å²) < 4.78 is 5.31. The summed E-state index contributed by atoms with van der Waals surface area (Å²) in [6.45, 7) is 1.60. The van der Waals surface area contributed by atoms with Gasteiger partial charge < -0.3 is 10.5 Å². The van der Waals surface area contributed by atoms with Crippen molar-refractivity contribution in [3.8, 4) is 5.75 Å². The Balaban J connectivity index is 1.98. The number of carbonyl (C=O) groups is 2. The second kappa shape index (κ2) is 7.51. The summed E-state index contributed by atoms with van der Waals surface area (Å²) >= 11 is 5.77. The van der Waals surface area contributed by atoms with Gasteiger partial charge in [0.2, 0.25) is 0 Å². The van der Waals surface area contributed by atoms with Gasteiger partial charge in [0, 0.05) is 5.02 Å². The maximum absolute atomic E-state index is 11.9. The lowest BCUT2D eigenvalue weighted by molar-refractivity contribution is -0.123. The highest BCUT2D eigenvalue weighted by Gasteiger charge is 2.16. The van der Waals surface area contributed by atoms with E-state index in [1.54, 1.807) is 42.5 Å². The van der Waals surface area contributed by atoms with Crippen LogP contribution in [0.25, 0.3) is 0 Å². The summed E-state index contributed by atoms with van der Waals surface area (Å²) in [6.07, 6.45) is 0. The predicted octanol–water partition coefficient (Wildman–Crippen LogP) is 2.64. The highest BCUT2D eigenvalue weighted by molar-refractivity contribution is 6.30. The van der Waals surface area contributed by atoms with Gasteiger partial charge in [0.05, 0.1) is 5.69 Å². The van der Waals surface area contributed by atoms with Crippen molar-refractivity contribution in [1.82, 2.24) is 5.43 Å². The number of aryl methyl sites for hydroxylation is 1. The lowest BCUT2D eigenvalue weighted by atomic mass is 10.2. The van der Waals surface area contributed by atoms with E-state index in [0.717, 1.165) is 10.6 Å². The van der Waals surface area contributed by atoms with Crippen LogP contribution < -0.4 is 20.9 Å². The Bertz CT molecular complexity index is 704. The fourth-order valence-electron chi connectivity index (χ4n) is 1.85. The van der Waals surface area contributed by atoms with E-state index in [1.165, 1.54) is 0 Å². The van der Waals surface area contributed by atoms with E-state index in [1.807, 2.05) is 13.0 Å². The molecule has 0 bridgehead atoms. The maximum Gasteiger partial charge on any atom is 0.338 e. The number of hydrogen-bond acceptors (Lipinski definition) is 3. The highest BCUT2D eigenvalue weighted by atomic mass is 35.5. The molecule has 0 aliphatic carbocycles. The second-order valence-electron chi connectivity index (χ2n) is 4.79. The number of nitrogens with one attached hydrogen (secondary N) is 1. The number of rotatable bonds is 4. The first-order valence-electron chi connectivity index (χ1n) is 6.80. The average molecular weight is 334 g/mol. The first kappa shape index (κ1) is 16.6. The number of hydrogen-bond donors (Lipinski definition) is 2. The van der Waals surface area contributed by atoms with Crippen molar-refractivity contribution in [1.29, 1.82) is 0 Å². The molecule has 6 nitrogen and oxygen atoms in total. The Labute approximate surface area is 138 Å². The van der Waals surface area contributed by atoms with E-state index in [0.29, 0.717) is 16.5 Å². The Kier molecular flexibility index (Phi) is 5.43. The molecule has 2 aromatic carbocycles. The van der Waals surface area contributed by atoms with Gasteiger partial charge in [0.25, 0.3) is 5.91 Å². The van der Waals surface area contributed by atoms with Crippen molar-refractivity contribution < 1.29 is 14.3 Å². The molecule has 3 N–H and O–H groups in total. The number of benzene rings is 2. The minimum Gasteiger partial charge on any atom is -0.484 e. The molecule has 0 fully saturated rings. The van der Waals surface area contributed by atoms with Crippen LogP contribution in [-0.2, 0) is 4.79 Å². The zero-order chi connectivity index (χ0) is 16.8. The molecule has 0 atom stereocenters. The molecule has 0 aliphatic heterocycles. The molecule has 0 radical (unpaired) electrons. The molecule has 0 aliphatic rings. The Morgan fingerprint density at radius 1 is 1.22 bits per heavy atom. The molecule has 2 rings (SSSR count). The number of primary amides is 1. The lowest BCUT2D eigenvalue weighted by Crippen LogP contribution is -2.50. The number of halogens is 1. The molecule has 7 heteroatoms. The van der Waals surface area contributed by atoms with Crippen LogP contribution in [0.3, 0.4) is 0 Å². The van der Waals surface area contributed by atoms with Gasteiger partial charge in [-0.2, -0.15) is 0 Å². The standard InChI is InChI=1S/C16H16ClN3O3/c1-11-3-2-4-13(9-11)20(16(18)22)19-15(21)10-23-14-7-5-12(17)6-8-14/h2-9H,10H2,1H3,(H2,18,22)(H,19,21). The zero-order valence-electron chi connectivity index (χ0n) is 12.5. The van der Waals surface area contributed by atoms with Crippen LogP contribution in [0.15, 0.2) is 48.5 Å². The van der Waals surface area contributed by atoms with E-state index in [4.69, 9.17) is 22.1 Å². The largest absolute Gasteiger partial charge is 0.484 e. The fraction of sp³-hybridized carbons (Fsp3) is 0.125. The Hall–Kier alpha value is -2.73. The van der Waals surface area contributed by atoms with E-state index >= 15 is 0 Å². The van der Waals surface area contributed by atoms with Gasteiger partial charge in [-0.05, 0) is 48.9 Å². The molecule has 0 heterocycles. The number of hydrazine groups is 1. The Morgan fingerprint density at radius 3 is 2.52 bits per heavy atom. The molecule has 0 spiro atoms. The van der Waals surface area contributed by atoms with Gasteiger partial charge in [-0.1, -0.05) is 23.7 Å². The van der Waals surface area contributed by atoms with E-state index in [-0.39, 0.29) is 6.61 Å². The van der Waals surface area contributed by atoms with E-state index < -0.39 is 11.9 Å². The topological polar surface area (TPSA) is 84.7 Å². The minimum absolute atomic E-state index is 0.267. The van der Waals surface area contributed by atoms with Crippen LogP contribution in [0.5, 0.6) is 5.75 Å². The molecule has 0 aromatic heterocycles. The van der Waals surface area contributed by atoms with Crippen LogP contribution >= 0.6 is 11.6 Å². The van der Waals surface area contributed by atoms with Crippen LogP contribution in [-0.4, -0.2) is 18.5 Å². The van der Waals surface area contributed by atoms with Gasteiger partial charge in [-0.25, -0.2) is 9.80 Å².